The number of amides is 1. The molecule has 1 rings (SSSR count). The van der Waals surface area contributed by atoms with Gasteiger partial charge in [0.25, 0.3) is 0 Å². The fourth-order valence-corrected chi connectivity index (χ4v) is 1.71. The second kappa shape index (κ2) is 7.40. The highest BCUT2D eigenvalue weighted by Crippen LogP contribution is 2.14. The molecule has 17 heavy (non-hydrogen) atoms. The predicted octanol–water partition coefficient (Wildman–Crippen LogP) is 2.20. The number of nitrogens with one attached hydrogen (secondary N) is 2. The van der Waals surface area contributed by atoms with E-state index in [2.05, 4.69) is 26.6 Å². The molecule has 0 aliphatic heterocycles. The van der Waals surface area contributed by atoms with E-state index < -0.39 is 0 Å². The summed E-state index contributed by atoms with van der Waals surface area (Å²) in [6.07, 6.45) is 0.409. The van der Waals surface area contributed by atoms with Gasteiger partial charge in [-0.25, -0.2) is 4.39 Å². The number of hydrogen-bond acceptors (Lipinski definition) is 2. The van der Waals surface area contributed by atoms with E-state index in [1.807, 2.05) is 6.92 Å². The van der Waals surface area contributed by atoms with Crippen LogP contribution in [0.3, 0.4) is 0 Å². The zero-order valence-corrected chi connectivity index (χ0v) is 11.3. The molecule has 94 valence electrons. The Morgan fingerprint density at radius 3 is 2.88 bits per heavy atom. The lowest BCUT2D eigenvalue weighted by Crippen LogP contribution is -2.27. The van der Waals surface area contributed by atoms with Gasteiger partial charge in [0.05, 0.1) is 0 Å². The maximum absolute atomic E-state index is 13.4. The molecular formula is C12H16BrFN2O. The molecule has 1 amide bonds. The van der Waals surface area contributed by atoms with Crippen molar-refractivity contribution in [3.8, 4) is 0 Å². The first kappa shape index (κ1) is 14.1. The van der Waals surface area contributed by atoms with Crippen LogP contribution >= 0.6 is 15.9 Å². The molecule has 0 atom stereocenters. The summed E-state index contributed by atoms with van der Waals surface area (Å²) in [4.78, 5) is 11.1. The normalized spacial score (nSPS) is 10.3. The number of carbonyl (C=O) groups is 1. The summed E-state index contributed by atoms with van der Waals surface area (Å²) in [5.74, 6) is -0.235. The van der Waals surface area contributed by atoms with E-state index in [1.54, 1.807) is 12.1 Å². The summed E-state index contributed by atoms with van der Waals surface area (Å²) in [5.41, 5.74) is 0.601. The number of hydrogen-bond donors (Lipinski definition) is 2. The highest BCUT2D eigenvalue weighted by atomic mass is 79.9. The van der Waals surface area contributed by atoms with Crippen LogP contribution in [0.1, 0.15) is 18.9 Å². The molecule has 2 N–H and O–H groups in total. The lowest BCUT2D eigenvalue weighted by Gasteiger charge is -2.06. The summed E-state index contributed by atoms with van der Waals surface area (Å²) in [6, 6.07) is 4.95. The zero-order valence-electron chi connectivity index (χ0n) is 9.72. The van der Waals surface area contributed by atoms with Crippen LogP contribution in [0.15, 0.2) is 22.7 Å². The van der Waals surface area contributed by atoms with Crippen LogP contribution in [0.4, 0.5) is 4.39 Å². The number of carbonyl (C=O) groups excluding carboxylic acids is 1. The average molecular weight is 303 g/mol. The van der Waals surface area contributed by atoms with Crippen molar-refractivity contribution in [3.63, 3.8) is 0 Å². The van der Waals surface area contributed by atoms with Crippen molar-refractivity contribution in [2.75, 3.05) is 13.1 Å². The Bertz CT molecular complexity index is 385. The molecule has 0 saturated carbocycles. The van der Waals surface area contributed by atoms with Crippen molar-refractivity contribution < 1.29 is 9.18 Å². The standard InChI is InChI=1S/C12H16BrFN2O/c1-2-16-12(17)5-6-15-8-9-3-4-10(13)7-11(9)14/h3-4,7,15H,2,5-6,8H2,1H3,(H,16,17). The van der Waals surface area contributed by atoms with Crippen molar-refractivity contribution in [1.29, 1.82) is 0 Å². The molecule has 5 heteroatoms. The molecule has 0 spiro atoms. The van der Waals surface area contributed by atoms with Crippen LogP contribution in [0.2, 0.25) is 0 Å². The second-order valence-corrected chi connectivity index (χ2v) is 4.53. The van der Waals surface area contributed by atoms with Crippen LogP contribution in [-0.4, -0.2) is 19.0 Å². The Balaban J connectivity index is 2.29. The van der Waals surface area contributed by atoms with Crippen LogP contribution in [0.25, 0.3) is 0 Å². The molecule has 0 aromatic heterocycles. The van der Waals surface area contributed by atoms with E-state index >= 15 is 0 Å². The third kappa shape index (κ3) is 5.28. The maximum Gasteiger partial charge on any atom is 0.221 e. The van der Waals surface area contributed by atoms with Gasteiger partial charge in [-0.1, -0.05) is 22.0 Å². The van der Waals surface area contributed by atoms with Crippen LogP contribution in [-0.2, 0) is 11.3 Å². The molecule has 0 fully saturated rings. The second-order valence-electron chi connectivity index (χ2n) is 3.62. The van der Waals surface area contributed by atoms with E-state index in [0.717, 1.165) is 4.47 Å². The van der Waals surface area contributed by atoms with Gasteiger partial charge >= 0.3 is 0 Å². The summed E-state index contributed by atoms with van der Waals surface area (Å²) in [5, 5.41) is 5.74. The smallest absolute Gasteiger partial charge is 0.221 e. The van der Waals surface area contributed by atoms with Gasteiger partial charge in [-0.15, -0.1) is 0 Å². The Hall–Kier alpha value is -0.940. The average Bonchev–Trinajstić information content (AvgIpc) is 2.27. The minimum absolute atomic E-state index is 0.0104. The van der Waals surface area contributed by atoms with E-state index in [-0.39, 0.29) is 11.7 Å². The molecule has 0 bridgehead atoms. The van der Waals surface area contributed by atoms with Crippen molar-refractivity contribution in [1.82, 2.24) is 10.6 Å². The largest absolute Gasteiger partial charge is 0.356 e. The van der Waals surface area contributed by atoms with Gasteiger partial charge in [0.2, 0.25) is 5.91 Å². The minimum Gasteiger partial charge on any atom is -0.356 e. The van der Waals surface area contributed by atoms with E-state index in [1.165, 1.54) is 6.07 Å². The van der Waals surface area contributed by atoms with Crippen LogP contribution in [0, 0.1) is 5.82 Å². The maximum atomic E-state index is 13.4. The fraction of sp³-hybridized carbons (Fsp3) is 0.417. The number of halogens is 2. The van der Waals surface area contributed by atoms with Crippen molar-refractivity contribution in [3.05, 3.63) is 34.1 Å². The third-order valence-corrected chi connectivity index (χ3v) is 2.73. The molecule has 0 aliphatic carbocycles. The predicted molar refractivity (Wildman–Crippen MR) is 69.1 cm³/mol. The van der Waals surface area contributed by atoms with Crippen LogP contribution < -0.4 is 10.6 Å². The minimum atomic E-state index is -0.245. The molecule has 1 aromatic rings. The van der Waals surface area contributed by atoms with Crippen LogP contribution in [0.5, 0.6) is 0 Å². The third-order valence-electron chi connectivity index (χ3n) is 2.23. The summed E-state index contributed by atoms with van der Waals surface area (Å²) in [6.45, 7) is 3.49. The molecule has 0 unspecified atom stereocenters. The molecule has 3 nitrogen and oxygen atoms in total. The zero-order chi connectivity index (χ0) is 12.7. The topological polar surface area (TPSA) is 41.1 Å². The summed E-state index contributed by atoms with van der Waals surface area (Å²) < 4.78 is 14.1. The number of benzene rings is 1. The van der Waals surface area contributed by atoms with E-state index in [9.17, 15) is 9.18 Å². The quantitative estimate of drug-likeness (QED) is 0.791. The van der Waals surface area contributed by atoms with Crippen molar-refractivity contribution in [2.45, 2.75) is 19.9 Å². The van der Waals surface area contributed by atoms with Gasteiger partial charge < -0.3 is 10.6 Å². The molecule has 0 heterocycles. The highest BCUT2D eigenvalue weighted by molar-refractivity contribution is 9.10. The lowest BCUT2D eigenvalue weighted by atomic mass is 10.2. The Morgan fingerprint density at radius 2 is 2.24 bits per heavy atom. The first-order chi connectivity index (χ1) is 8.13. The Kier molecular flexibility index (Phi) is 6.15. The first-order valence-electron chi connectivity index (χ1n) is 5.54. The van der Waals surface area contributed by atoms with E-state index in [4.69, 9.17) is 0 Å². The van der Waals surface area contributed by atoms with Gasteiger partial charge in [0.1, 0.15) is 5.82 Å². The monoisotopic (exact) mass is 302 g/mol. The Morgan fingerprint density at radius 1 is 1.47 bits per heavy atom. The van der Waals surface area contributed by atoms with Gasteiger partial charge in [0, 0.05) is 36.1 Å². The lowest BCUT2D eigenvalue weighted by molar-refractivity contribution is -0.120. The van der Waals surface area contributed by atoms with E-state index in [0.29, 0.717) is 31.6 Å². The SMILES string of the molecule is CCNC(=O)CCNCc1ccc(Br)cc1F. The molecule has 0 radical (unpaired) electrons. The van der Waals surface area contributed by atoms with Gasteiger partial charge in [-0.3, -0.25) is 4.79 Å². The van der Waals surface area contributed by atoms with Crippen molar-refractivity contribution >= 4 is 21.8 Å². The number of rotatable bonds is 6. The molecule has 0 saturated heterocycles. The summed E-state index contributed by atoms with van der Waals surface area (Å²) >= 11 is 3.20. The summed E-state index contributed by atoms with van der Waals surface area (Å²) in [7, 11) is 0. The van der Waals surface area contributed by atoms with Gasteiger partial charge in [-0.05, 0) is 19.1 Å². The Labute approximate surface area is 109 Å². The fourth-order valence-electron chi connectivity index (χ4n) is 1.38. The molecular weight excluding hydrogens is 287 g/mol. The highest BCUT2D eigenvalue weighted by Gasteiger charge is 2.03. The molecule has 0 aliphatic rings. The van der Waals surface area contributed by atoms with Crippen molar-refractivity contribution in [2.24, 2.45) is 0 Å². The van der Waals surface area contributed by atoms with Gasteiger partial charge in [-0.2, -0.15) is 0 Å². The first-order valence-corrected chi connectivity index (χ1v) is 6.34. The van der Waals surface area contributed by atoms with Gasteiger partial charge in [0.15, 0.2) is 0 Å². The molecule has 1 aromatic carbocycles.